The third kappa shape index (κ3) is 4.32. The number of hydrogen-bond donors (Lipinski definition) is 2. The zero-order chi connectivity index (χ0) is 11.3. The van der Waals surface area contributed by atoms with Gasteiger partial charge < -0.3 is 10.4 Å². The molecule has 0 radical (unpaired) electrons. The highest BCUT2D eigenvalue weighted by atomic mass is 16.4. The lowest BCUT2D eigenvalue weighted by atomic mass is 9.80. The lowest BCUT2D eigenvalue weighted by Gasteiger charge is -2.31. The lowest BCUT2D eigenvalue weighted by molar-refractivity contribution is -0.137. The van der Waals surface area contributed by atoms with Crippen molar-refractivity contribution in [3.8, 4) is 0 Å². The van der Waals surface area contributed by atoms with Crippen molar-refractivity contribution < 1.29 is 14.7 Å². The number of carbonyl (C=O) groups is 2. The van der Waals surface area contributed by atoms with Crippen LogP contribution >= 0.6 is 0 Å². The van der Waals surface area contributed by atoms with E-state index in [1.165, 1.54) is 19.3 Å². The van der Waals surface area contributed by atoms with E-state index in [-0.39, 0.29) is 18.4 Å². The molecule has 0 aromatic rings. The van der Waals surface area contributed by atoms with Crippen LogP contribution in [-0.2, 0) is 9.59 Å². The van der Waals surface area contributed by atoms with Crippen molar-refractivity contribution in [3.63, 3.8) is 0 Å². The fourth-order valence-electron chi connectivity index (χ4n) is 1.78. The first-order valence-electron chi connectivity index (χ1n) is 5.60. The van der Waals surface area contributed by atoms with E-state index < -0.39 is 5.97 Å². The Morgan fingerprint density at radius 3 is 2.53 bits per heavy atom. The van der Waals surface area contributed by atoms with Gasteiger partial charge in [-0.1, -0.05) is 6.42 Å². The van der Waals surface area contributed by atoms with Gasteiger partial charge in [0.25, 0.3) is 0 Å². The molecule has 0 aliphatic heterocycles. The topological polar surface area (TPSA) is 66.4 Å². The third-order valence-electron chi connectivity index (χ3n) is 3.04. The lowest BCUT2D eigenvalue weighted by Crippen LogP contribution is -2.40. The van der Waals surface area contributed by atoms with Crippen LogP contribution < -0.4 is 5.32 Å². The largest absolute Gasteiger partial charge is 0.481 e. The first-order valence-corrected chi connectivity index (χ1v) is 5.60. The van der Waals surface area contributed by atoms with E-state index in [2.05, 4.69) is 5.32 Å². The second kappa shape index (κ2) is 5.73. The number of carboxylic acid groups (broad SMARTS) is 1. The summed E-state index contributed by atoms with van der Waals surface area (Å²) in [6.07, 6.45) is 4.50. The highest BCUT2D eigenvalue weighted by Gasteiger charge is 2.24. The molecule has 0 heterocycles. The molecule has 0 bridgehead atoms. The summed E-state index contributed by atoms with van der Waals surface area (Å²) in [4.78, 5) is 21.6. The van der Waals surface area contributed by atoms with Gasteiger partial charge in [0.15, 0.2) is 0 Å². The van der Waals surface area contributed by atoms with E-state index in [1.54, 1.807) is 0 Å². The third-order valence-corrected chi connectivity index (χ3v) is 3.04. The molecular formula is C11H19NO3. The van der Waals surface area contributed by atoms with Crippen LogP contribution in [0.1, 0.15) is 45.4 Å². The minimum absolute atomic E-state index is 0.0179. The van der Waals surface area contributed by atoms with Crippen LogP contribution in [0.4, 0.5) is 0 Å². The molecule has 1 aliphatic rings. The first kappa shape index (κ1) is 12.0. The number of carbonyl (C=O) groups excluding carboxylic acids is 1. The molecule has 0 spiro atoms. The molecule has 0 aromatic heterocycles. The van der Waals surface area contributed by atoms with Crippen molar-refractivity contribution in [1.29, 1.82) is 0 Å². The van der Waals surface area contributed by atoms with Crippen molar-refractivity contribution >= 4 is 11.9 Å². The Balaban J connectivity index is 2.09. The summed E-state index contributed by atoms with van der Waals surface area (Å²) in [5, 5.41) is 11.3. The van der Waals surface area contributed by atoms with E-state index in [0.717, 1.165) is 0 Å². The molecule has 1 unspecified atom stereocenters. The molecule has 1 saturated carbocycles. The van der Waals surface area contributed by atoms with Gasteiger partial charge >= 0.3 is 5.97 Å². The molecule has 15 heavy (non-hydrogen) atoms. The number of aliphatic carboxylic acids is 1. The zero-order valence-electron chi connectivity index (χ0n) is 9.16. The average Bonchev–Trinajstić information content (AvgIpc) is 1.98. The predicted octanol–water partition coefficient (Wildman–Crippen LogP) is 1.55. The Labute approximate surface area is 90.0 Å². The number of hydrogen-bond acceptors (Lipinski definition) is 2. The fraction of sp³-hybridized carbons (Fsp3) is 0.818. The van der Waals surface area contributed by atoms with Gasteiger partial charge in [-0.15, -0.1) is 0 Å². The van der Waals surface area contributed by atoms with Crippen LogP contribution in [0, 0.1) is 5.92 Å². The molecule has 4 nitrogen and oxygen atoms in total. The minimum Gasteiger partial charge on any atom is -0.481 e. The van der Waals surface area contributed by atoms with Gasteiger partial charge in [0.05, 0.1) is 0 Å². The maximum atomic E-state index is 11.4. The van der Waals surface area contributed by atoms with Gasteiger partial charge in [-0.25, -0.2) is 0 Å². The Morgan fingerprint density at radius 2 is 2.07 bits per heavy atom. The molecule has 1 atom stereocenters. The average molecular weight is 213 g/mol. The predicted molar refractivity (Wildman–Crippen MR) is 56.4 cm³/mol. The molecule has 2 N–H and O–H groups in total. The van der Waals surface area contributed by atoms with Gasteiger partial charge in [-0.3, -0.25) is 9.59 Å². The van der Waals surface area contributed by atoms with E-state index >= 15 is 0 Å². The number of carboxylic acids is 1. The standard InChI is InChI=1S/C11H19NO3/c1-8(9-4-2-5-9)12-10(13)6-3-7-11(14)15/h8-9H,2-7H2,1H3,(H,12,13)(H,14,15). The second-order valence-corrected chi connectivity index (χ2v) is 4.29. The van der Waals surface area contributed by atoms with Crippen LogP contribution in [0.3, 0.4) is 0 Å². The summed E-state index contributed by atoms with van der Waals surface area (Å²) in [7, 11) is 0. The normalized spacial score (nSPS) is 17.9. The molecule has 1 amide bonds. The number of rotatable bonds is 6. The maximum absolute atomic E-state index is 11.4. The smallest absolute Gasteiger partial charge is 0.303 e. The summed E-state index contributed by atoms with van der Waals surface area (Å²) in [6.45, 7) is 2.03. The Hall–Kier alpha value is -1.06. The van der Waals surface area contributed by atoms with Crippen LogP contribution in [0.25, 0.3) is 0 Å². The first-order chi connectivity index (χ1) is 7.09. The van der Waals surface area contributed by atoms with Crippen molar-refractivity contribution in [2.45, 2.75) is 51.5 Å². The monoisotopic (exact) mass is 213 g/mol. The number of nitrogens with one attached hydrogen (secondary N) is 1. The summed E-state index contributed by atoms with van der Waals surface area (Å²) in [5.41, 5.74) is 0. The molecular weight excluding hydrogens is 194 g/mol. The highest BCUT2D eigenvalue weighted by molar-refractivity contribution is 5.77. The molecule has 0 aromatic carbocycles. The van der Waals surface area contributed by atoms with Crippen molar-refractivity contribution in [2.75, 3.05) is 0 Å². The van der Waals surface area contributed by atoms with Gasteiger partial charge in [-0.05, 0) is 32.1 Å². The maximum Gasteiger partial charge on any atom is 0.303 e. The van der Waals surface area contributed by atoms with Crippen molar-refractivity contribution in [3.05, 3.63) is 0 Å². The molecule has 86 valence electrons. The second-order valence-electron chi connectivity index (χ2n) is 4.29. The highest BCUT2D eigenvalue weighted by Crippen LogP contribution is 2.29. The van der Waals surface area contributed by atoms with Crippen LogP contribution in [0.5, 0.6) is 0 Å². The Bertz CT molecular complexity index is 236. The van der Waals surface area contributed by atoms with E-state index in [4.69, 9.17) is 5.11 Å². The van der Waals surface area contributed by atoms with Gasteiger partial charge in [0, 0.05) is 18.9 Å². The van der Waals surface area contributed by atoms with Gasteiger partial charge in [-0.2, -0.15) is 0 Å². The van der Waals surface area contributed by atoms with Crippen LogP contribution in [-0.4, -0.2) is 23.0 Å². The SMILES string of the molecule is CC(NC(=O)CCCC(=O)O)C1CCC1. The van der Waals surface area contributed by atoms with E-state index in [1.807, 2.05) is 6.92 Å². The van der Waals surface area contributed by atoms with Crippen LogP contribution in [0.15, 0.2) is 0 Å². The molecule has 1 rings (SSSR count). The molecule has 0 saturated heterocycles. The number of amides is 1. The van der Waals surface area contributed by atoms with Crippen LogP contribution in [0.2, 0.25) is 0 Å². The fourth-order valence-corrected chi connectivity index (χ4v) is 1.78. The zero-order valence-corrected chi connectivity index (χ0v) is 9.16. The quantitative estimate of drug-likeness (QED) is 0.703. The summed E-state index contributed by atoms with van der Waals surface area (Å²) < 4.78 is 0. The van der Waals surface area contributed by atoms with E-state index in [0.29, 0.717) is 18.8 Å². The minimum atomic E-state index is -0.838. The van der Waals surface area contributed by atoms with Gasteiger partial charge in [0.1, 0.15) is 0 Å². The molecule has 1 fully saturated rings. The summed E-state index contributed by atoms with van der Waals surface area (Å²) in [5.74, 6) is -0.223. The molecule has 1 aliphatic carbocycles. The Morgan fingerprint density at radius 1 is 1.40 bits per heavy atom. The van der Waals surface area contributed by atoms with Gasteiger partial charge in [0.2, 0.25) is 5.91 Å². The summed E-state index contributed by atoms with van der Waals surface area (Å²) in [6, 6.07) is 0.246. The molecule has 4 heteroatoms. The van der Waals surface area contributed by atoms with Crippen molar-refractivity contribution in [2.24, 2.45) is 5.92 Å². The summed E-state index contributed by atoms with van der Waals surface area (Å²) >= 11 is 0. The van der Waals surface area contributed by atoms with Crippen molar-refractivity contribution in [1.82, 2.24) is 5.32 Å². The Kier molecular flexibility index (Phi) is 4.59. The van der Waals surface area contributed by atoms with E-state index in [9.17, 15) is 9.59 Å².